The number of halogens is 1. The molecule has 108 valence electrons. The molecule has 0 spiro atoms. The first-order valence-electron chi connectivity index (χ1n) is 6.90. The molecule has 2 nitrogen and oxygen atoms in total. The average molecular weight is 267 g/mol. The fraction of sp³-hybridized carbons (Fsp3) is 0.625. The second-order valence-electron chi connectivity index (χ2n) is 6.39. The molecule has 0 heterocycles. The molecular weight excluding hydrogens is 241 g/mol. The van der Waals surface area contributed by atoms with Gasteiger partial charge in [-0.2, -0.15) is 0 Å². The number of rotatable bonds is 7. The van der Waals surface area contributed by atoms with Crippen molar-refractivity contribution in [2.45, 2.75) is 34.6 Å². The highest BCUT2D eigenvalue weighted by atomic mass is 19.1. The van der Waals surface area contributed by atoms with Crippen LogP contribution in [0, 0.1) is 24.1 Å². The maximum atomic E-state index is 13.1. The maximum absolute atomic E-state index is 13.1. The van der Waals surface area contributed by atoms with E-state index in [-0.39, 0.29) is 11.2 Å². The summed E-state index contributed by atoms with van der Waals surface area (Å²) in [6.45, 7) is 13.0. The molecule has 0 aliphatic heterocycles. The summed E-state index contributed by atoms with van der Waals surface area (Å²) in [5.74, 6) is 1.19. The molecule has 1 rings (SSSR count). The normalized spacial score (nSPS) is 11.9. The van der Waals surface area contributed by atoms with Crippen molar-refractivity contribution in [1.82, 2.24) is 5.32 Å². The molecule has 0 bridgehead atoms. The van der Waals surface area contributed by atoms with Crippen LogP contribution in [0.1, 0.15) is 33.3 Å². The monoisotopic (exact) mass is 267 g/mol. The fourth-order valence-electron chi connectivity index (χ4n) is 1.74. The van der Waals surface area contributed by atoms with E-state index in [0.29, 0.717) is 18.1 Å². The lowest BCUT2D eigenvalue weighted by atomic mass is 9.94. The molecule has 19 heavy (non-hydrogen) atoms. The predicted molar refractivity (Wildman–Crippen MR) is 78.1 cm³/mol. The van der Waals surface area contributed by atoms with Gasteiger partial charge in [0.15, 0.2) is 0 Å². The van der Waals surface area contributed by atoms with Gasteiger partial charge in [0.1, 0.15) is 11.6 Å². The Bertz CT molecular complexity index is 402. The number of aryl methyl sites for hydroxylation is 1. The molecule has 0 aliphatic rings. The number of benzene rings is 1. The van der Waals surface area contributed by atoms with E-state index in [4.69, 9.17) is 4.74 Å². The number of hydrogen-bond donors (Lipinski definition) is 1. The van der Waals surface area contributed by atoms with E-state index in [9.17, 15) is 4.39 Å². The second-order valence-corrected chi connectivity index (χ2v) is 6.39. The molecule has 0 amide bonds. The molecule has 0 aliphatic carbocycles. The molecule has 0 aromatic heterocycles. The van der Waals surface area contributed by atoms with Crippen molar-refractivity contribution < 1.29 is 9.13 Å². The highest BCUT2D eigenvalue weighted by Gasteiger charge is 2.18. The summed E-state index contributed by atoms with van der Waals surface area (Å²) in [4.78, 5) is 0. The number of ether oxygens (including phenoxy) is 1. The highest BCUT2D eigenvalue weighted by Crippen LogP contribution is 2.20. The summed E-state index contributed by atoms with van der Waals surface area (Å²) in [5, 5.41) is 3.44. The van der Waals surface area contributed by atoms with E-state index < -0.39 is 0 Å². The highest BCUT2D eigenvalue weighted by molar-refractivity contribution is 5.28. The van der Waals surface area contributed by atoms with Gasteiger partial charge in [-0.3, -0.25) is 0 Å². The van der Waals surface area contributed by atoms with Crippen molar-refractivity contribution in [3.05, 3.63) is 29.6 Å². The minimum Gasteiger partial charge on any atom is -0.493 e. The second kappa shape index (κ2) is 6.90. The summed E-state index contributed by atoms with van der Waals surface area (Å²) in [6, 6.07) is 4.88. The smallest absolute Gasteiger partial charge is 0.126 e. The summed E-state index contributed by atoms with van der Waals surface area (Å²) < 4.78 is 18.9. The van der Waals surface area contributed by atoms with E-state index in [0.717, 1.165) is 18.8 Å². The van der Waals surface area contributed by atoms with Crippen LogP contribution < -0.4 is 10.1 Å². The first-order valence-corrected chi connectivity index (χ1v) is 6.90. The molecule has 1 N–H and O–H groups in total. The molecule has 1 aromatic rings. The third kappa shape index (κ3) is 6.06. The van der Waals surface area contributed by atoms with Crippen LogP contribution in [0.15, 0.2) is 18.2 Å². The van der Waals surface area contributed by atoms with Crippen LogP contribution >= 0.6 is 0 Å². The van der Waals surface area contributed by atoms with Crippen LogP contribution in [0.3, 0.4) is 0 Å². The van der Waals surface area contributed by atoms with Crippen LogP contribution in [0.5, 0.6) is 5.75 Å². The summed E-state index contributed by atoms with van der Waals surface area (Å²) in [7, 11) is 0. The first-order chi connectivity index (χ1) is 8.80. The minimum absolute atomic E-state index is 0.0528. The van der Waals surface area contributed by atoms with Crippen LogP contribution in [0.25, 0.3) is 0 Å². The van der Waals surface area contributed by atoms with Gasteiger partial charge in [-0.25, -0.2) is 4.39 Å². The molecule has 1 aromatic carbocycles. The zero-order chi connectivity index (χ0) is 14.5. The summed E-state index contributed by atoms with van der Waals surface area (Å²) in [6.07, 6.45) is 0. The quantitative estimate of drug-likeness (QED) is 0.811. The van der Waals surface area contributed by atoms with E-state index in [1.54, 1.807) is 19.1 Å². The van der Waals surface area contributed by atoms with Gasteiger partial charge >= 0.3 is 0 Å². The molecule has 0 radical (unpaired) electrons. The topological polar surface area (TPSA) is 21.3 Å². The Morgan fingerprint density at radius 3 is 2.58 bits per heavy atom. The van der Waals surface area contributed by atoms with E-state index in [2.05, 4.69) is 33.0 Å². The van der Waals surface area contributed by atoms with Gasteiger partial charge in [0.25, 0.3) is 0 Å². The van der Waals surface area contributed by atoms with Gasteiger partial charge in [0, 0.05) is 12.0 Å². The van der Waals surface area contributed by atoms with Crippen molar-refractivity contribution in [1.29, 1.82) is 0 Å². The zero-order valence-electron chi connectivity index (χ0n) is 12.7. The average Bonchev–Trinajstić information content (AvgIpc) is 2.30. The zero-order valence-corrected chi connectivity index (χ0v) is 12.7. The van der Waals surface area contributed by atoms with Gasteiger partial charge in [0.05, 0.1) is 6.61 Å². The molecule has 0 atom stereocenters. The summed E-state index contributed by atoms with van der Waals surface area (Å²) in [5.41, 5.74) is 0.671. The first kappa shape index (κ1) is 16.0. The van der Waals surface area contributed by atoms with Gasteiger partial charge in [-0.1, -0.05) is 27.7 Å². The largest absolute Gasteiger partial charge is 0.493 e. The Kier molecular flexibility index (Phi) is 5.80. The van der Waals surface area contributed by atoms with Crippen molar-refractivity contribution in [2.75, 3.05) is 19.7 Å². The fourth-order valence-corrected chi connectivity index (χ4v) is 1.74. The van der Waals surface area contributed by atoms with Gasteiger partial charge in [0.2, 0.25) is 0 Å². The van der Waals surface area contributed by atoms with Crippen molar-refractivity contribution in [2.24, 2.45) is 11.3 Å². The predicted octanol–water partition coefficient (Wildman–Crippen LogP) is 3.78. The van der Waals surface area contributed by atoms with Crippen LogP contribution in [0.4, 0.5) is 4.39 Å². The molecule has 0 saturated heterocycles. The standard InChI is InChI=1S/C16H26FNO/c1-12(2)9-18-10-16(4,5)11-19-14-6-7-15(17)13(3)8-14/h6-8,12,18H,9-11H2,1-5H3. The number of hydrogen-bond acceptors (Lipinski definition) is 2. The minimum atomic E-state index is -0.190. The van der Waals surface area contributed by atoms with E-state index >= 15 is 0 Å². The van der Waals surface area contributed by atoms with Crippen LogP contribution in [-0.4, -0.2) is 19.7 Å². The molecular formula is C16H26FNO. The van der Waals surface area contributed by atoms with E-state index in [1.807, 2.05) is 0 Å². The van der Waals surface area contributed by atoms with Gasteiger partial charge in [-0.05, 0) is 43.1 Å². The van der Waals surface area contributed by atoms with Gasteiger partial charge in [-0.15, -0.1) is 0 Å². The van der Waals surface area contributed by atoms with Crippen molar-refractivity contribution in [3.8, 4) is 5.75 Å². The molecule has 0 unspecified atom stereocenters. The third-order valence-corrected chi connectivity index (χ3v) is 2.92. The lowest BCUT2D eigenvalue weighted by Crippen LogP contribution is -2.35. The molecule has 0 fully saturated rings. The lowest BCUT2D eigenvalue weighted by Gasteiger charge is -2.25. The Balaban J connectivity index is 2.43. The Morgan fingerprint density at radius 2 is 2.00 bits per heavy atom. The molecule has 0 saturated carbocycles. The van der Waals surface area contributed by atoms with E-state index in [1.165, 1.54) is 6.07 Å². The van der Waals surface area contributed by atoms with Crippen molar-refractivity contribution >= 4 is 0 Å². The Labute approximate surface area is 116 Å². The van der Waals surface area contributed by atoms with Crippen molar-refractivity contribution in [3.63, 3.8) is 0 Å². The maximum Gasteiger partial charge on any atom is 0.126 e. The Hall–Kier alpha value is -1.09. The van der Waals surface area contributed by atoms with Crippen LogP contribution in [0.2, 0.25) is 0 Å². The van der Waals surface area contributed by atoms with Gasteiger partial charge < -0.3 is 10.1 Å². The Morgan fingerprint density at radius 1 is 1.32 bits per heavy atom. The molecule has 3 heteroatoms. The number of nitrogens with one attached hydrogen (secondary N) is 1. The summed E-state index contributed by atoms with van der Waals surface area (Å²) >= 11 is 0. The van der Waals surface area contributed by atoms with Crippen LogP contribution in [-0.2, 0) is 0 Å². The lowest BCUT2D eigenvalue weighted by molar-refractivity contribution is 0.175. The third-order valence-electron chi connectivity index (χ3n) is 2.92. The SMILES string of the molecule is Cc1cc(OCC(C)(C)CNCC(C)C)ccc1F.